The van der Waals surface area contributed by atoms with Crippen LogP contribution in [-0.2, 0) is 25.2 Å². The fraction of sp³-hybridized carbons (Fsp3) is 0.450. The molecule has 0 spiro atoms. The standard InChI is InChI=1S/C40H50ClN3O6/c1-10-16-32(49-31-22-19-26(38(4,5)11-2)23-28(31)39(6,7)12-3)42-27-20-21-29(41)30(24-27)43-35(46)33(34(45)25-17-14-13-15-18-25)44-36(47)40(8,9)50-37(44)48/h13-15,17-24,32-33,42H,10-12,16H2,1-9H3,(H,43,46). The monoisotopic (exact) mass is 703 g/mol. The maximum absolute atomic E-state index is 13.9. The molecule has 1 heterocycles. The summed E-state index contributed by atoms with van der Waals surface area (Å²) in [6.45, 7) is 18.2. The van der Waals surface area contributed by atoms with Crippen molar-refractivity contribution in [3.8, 4) is 5.75 Å². The lowest BCUT2D eigenvalue weighted by molar-refractivity contribution is -0.137. The summed E-state index contributed by atoms with van der Waals surface area (Å²) in [7, 11) is 0. The molecular weight excluding hydrogens is 654 g/mol. The third-order valence-corrected chi connectivity index (χ3v) is 10.0. The first-order chi connectivity index (χ1) is 23.4. The van der Waals surface area contributed by atoms with Crippen LogP contribution in [0.3, 0.4) is 0 Å². The molecule has 268 valence electrons. The number of ketones is 1. The quantitative estimate of drug-likeness (QED) is 0.0921. The molecular formula is C40H50ClN3O6. The van der Waals surface area contributed by atoms with E-state index in [-0.39, 0.29) is 27.1 Å². The summed E-state index contributed by atoms with van der Waals surface area (Å²) in [5.74, 6) is -1.66. The maximum Gasteiger partial charge on any atom is 0.418 e. The zero-order valence-corrected chi connectivity index (χ0v) is 31.4. The topological polar surface area (TPSA) is 114 Å². The Hall–Kier alpha value is -4.37. The second-order valence-electron chi connectivity index (χ2n) is 14.6. The first-order valence-corrected chi connectivity index (χ1v) is 17.7. The SMILES string of the molecule is CCCC(Nc1ccc(Cl)c(NC(=O)C(C(=O)c2ccccc2)N2C(=O)OC(C)(C)C2=O)c1)Oc1ccc(C(C)(C)CC)cc1C(C)(C)CC. The van der Waals surface area contributed by atoms with Crippen LogP contribution in [0.25, 0.3) is 0 Å². The summed E-state index contributed by atoms with van der Waals surface area (Å²) in [6.07, 6.45) is 1.95. The Labute approximate surface area is 301 Å². The number of nitrogens with zero attached hydrogens (tertiary/aromatic N) is 1. The minimum Gasteiger partial charge on any atom is -0.470 e. The van der Waals surface area contributed by atoms with Crippen LogP contribution >= 0.6 is 11.6 Å². The van der Waals surface area contributed by atoms with Crippen molar-refractivity contribution in [2.75, 3.05) is 10.6 Å². The molecule has 0 radical (unpaired) electrons. The molecule has 4 rings (SSSR count). The minimum absolute atomic E-state index is 0.0195. The van der Waals surface area contributed by atoms with E-state index < -0.39 is 41.6 Å². The van der Waals surface area contributed by atoms with Crippen LogP contribution in [0.5, 0.6) is 5.75 Å². The van der Waals surface area contributed by atoms with Gasteiger partial charge in [-0.15, -0.1) is 0 Å². The van der Waals surface area contributed by atoms with E-state index in [1.807, 2.05) is 0 Å². The number of nitrogens with one attached hydrogen (secondary N) is 2. The molecule has 1 saturated heterocycles. The van der Waals surface area contributed by atoms with Crippen molar-refractivity contribution in [2.24, 2.45) is 0 Å². The van der Waals surface area contributed by atoms with Crippen molar-refractivity contribution in [3.05, 3.63) is 88.4 Å². The van der Waals surface area contributed by atoms with E-state index in [9.17, 15) is 19.2 Å². The van der Waals surface area contributed by atoms with Gasteiger partial charge in [-0.3, -0.25) is 14.4 Å². The Morgan fingerprint density at radius 2 is 1.58 bits per heavy atom. The van der Waals surface area contributed by atoms with Gasteiger partial charge < -0.3 is 20.1 Å². The van der Waals surface area contributed by atoms with Crippen LogP contribution in [0, 0.1) is 0 Å². The average molecular weight is 704 g/mol. The Kier molecular flexibility index (Phi) is 11.7. The zero-order valence-electron chi connectivity index (χ0n) is 30.6. The van der Waals surface area contributed by atoms with Crippen molar-refractivity contribution < 1.29 is 28.7 Å². The molecule has 2 N–H and O–H groups in total. The van der Waals surface area contributed by atoms with Gasteiger partial charge in [-0.1, -0.05) is 109 Å². The van der Waals surface area contributed by atoms with Crippen LogP contribution in [-0.4, -0.2) is 46.5 Å². The van der Waals surface area contributed by atoms with Crippen LogP contribution in [0.2, 0.25) is 5.02 Å². The Morgan fingerprint density at radius 3 is 2.16 bits per heavy atom. The van der Waals surface area contributed by atoms with E-state index >= 15 is 0 Å². The number of carbonyl (C=O) groups is 4. The van der Waals surface area contributed by atoms with Crippen molar-refractivity contribution in [1.82, 2.24) is 4.90 Å². The number of Topliss-reactive ketones (excluding diaryl/α,β-unsaturated/α-hetero) is 1. The van der Waals surface area contributed by atoms with Gasteiger partial charge in [-0.25, -0.2) is 9.69 Å². The van der Waals surface area contributed by atoms with Crippen LogP contribution in [0.4, 0.5) is 16.2 Å². The van der Waals surface area contributed by atoms with Gasteiger partial charge in [-0.05, 0) is 67.3 Å². The minimum atomic E-state index is -1.83. The normalized spacial score (nSPS) is 15.7. The number of carbonyl (C=O) groups excluding carboxylic acids is 4. The molecule has 50 heavy (non-hydrogen) atoms. The smallest absolute Gasteiger partial charge is 0.418 e. The van der Waals surface area contributed by atoms with E-state index in [2.05, 4.69) is 77.3 Å². The predicted molar refractivity (Wildman–Crippen MR) is 198 cm³/mol. The van der Waals surface area contributed by atoms with Gasteiger partial charge >= 0.3 is 6.09 Å². The summed E-state index contributed by atoms with van der Waals surface area (Å²) in [5.41, 5.74) is 1.68. The zero-order chi connectivity index (χ0) is 37.0. The molecule has 2 atom stereocenters. The van der Waals surface area contributed by atoms with E-state index in [1.54, 1.807) is 36.4 Å². The Bertz CT molecular complexity index is 1740. The molecule has 2 unspecified atom stereocenters. The highest BCUT2D eigenvalue weighted by Crippen LogP contribution is 2.39. The molecule has 9 nitrogen and oxygen atoms in total. The van der Waals surface area contributed by atoms with Gasteiger partial charge in [0.15, 0.2) is 23.7 Å². The highest BCUT2D eigenvalue weighted by molar-refractivity contribution is 6.34. The van der Waals surface area contributed by atoms with Crippen LogP contribution < -0.4 is 15.4 Å². The third kappa shape index (κ3) is 8.32. The number of imide groups is 1. The molecule has 3 aromatic carbocycles. The molecule has 0 aromatic heterocycles. The number of amides is 3. The van der Waals surface area contributed by atoms with Gasteiger partial charge in [0, 0.05) is 23.2 Å². The first-order valence-electron chi connectivity index (χ1n) is 17.3. The number of benzene rings is 3. The summed E-state index contributed by atoms with van der Waals surface area (Å²) < 4.78 is 11.9. The third-order valence-electron chi connectivity index (χ3n) is 9.72. The van der Waals surface area contributed by atoms with Crippen molar-refractivity contribution in [3.63, 3.8) is 0 Å². The lowest BCUT2D eigenvalue weighted by Crippen LogP contribution is -2.53. The van der Waals surface area contributed by atoms with Gasteiger partial charge in [0.05, 0.1) is 10.7 Å². The van der Waals surface area contributed by atoms with Crippen LogP contribution in [0.15, 0.2) is 66.7 Å². The summed E-state index contributed by atoms with van der Waals surface area (Å²) in [5, 5.41) is 6.33. The molecule has 1 aliphatic heterocycles. The molecule has 0 aliphatic carbocycles. The molecule has 3 amide bonds. The van der Waals surface area contributed by atoms with Crippen molar-refractivity contribution in [2.45, 2.75) is 117 Å². The highest BCUT2D eigenvalue weighted by atomic mass is 35.5. The molecule has 0 bridgehead atoms. The van der Waals surface area contributed by atoms with Crippen molar-refractivity contribution in [1.29, 1.82) is 0 Å². The predicted octanol–water partition coefficient (Wildman–Crippen LogP) is 9.28. The molecule has 1 fully saturated rings. The summed E-state index contributed by atoms with van der Waals surface area (Å²) >= 11 is 6.55. The van der Waals surface area contributed by atoms with Crippen molar-refractivity contribution >= 4 is 46.7 Å². The fourth-order valence-corrected chi connectivity index (χ4v) is 5.84. The Balaban J connectivity index is 1.64. The lowest BCUT2D eigenvalue weighted by Gasteiger charge is -2.32. The molecule has 10 heteroatoms. The lowest BCUT2D eigenvalue weighted by atomic mass is 9.76. The molecule has 3 aromatic rings. The largest absolute Gasteiger partial charge is 0.470 e. The Morgan fingerprint density at radius 1 is 0.920 bits per heavy atom. The van der Waals surface area contributed by atoms with Gasteiger partial charge in [0.25, 0.3) is 11.8 Å². The summed E-state index contributed by atoms with van der Waals surface area (Å²) in [4.78, 5) is 54.3. The van der Waals surface area contributed by atoms with E-state index in [1.165, 1.54) is 31.5 Å². The number of anilines is 2. The second kappa shape index (κ2) is 15.3. The van der Waals surface area contributed by atoms with E-state index in [0.717, 1.165) is 30.6 Å². The first kappa shape index (κ1) is 38.4. The van der Waals surface area contributed by atoms with E-state index in [0.29, 0.717) is 17.0 Å². The average Bonchev–Trinajstić information content (AvgIpc) is 3.28. The number of hydrogen-bond acceptors (Lipinski definition) is 7. The number of hydrogen-bond donors (Lipinski definition) is 2. The van der Waals surface area contributed by atoms with Gasteiger partial charge in [0.1, 0.15) is 5.75 Å². The highest BCUT2D eigenvalue weighted by Gasteiger charge is 2.54. The van der Waals surface area contributed by atoms with E-state index in [4.69, 9.17) is 21.1 Å². The molecule has 1 aliphatic rings. The summed E-state index contributed by atoms with van der Waals surface area (Å²) in [6, 6.07) is 17.7. The number of cyclic esters (lactones) is 1. The molecule has 0 saturated carbocycles. The number of halogens is 1. The fourth-order valence-electron chi connectivity index (χ4n) is 5.67. The maximum atomic E-state index is 13.9. The van der Waals surface area contributed by atoms with Gasteiger partial charge in [-0.2, -0.15) is 0 Å². The van der Waals surface area contributed by atoms with Crippen LogP contribution in [0.1, 0.15) is 109 Å². The van der Waals surface area contributed by atoms with Gasteiger partial charge in [0.2, 0.25) is 0 Å². The number of rotatable bonds is 15. The number of ether oxygens (including phenoxy) is 2. The second-order valence-corrected chi connectivity index (χ2v) is 15.0.